The number of ether oxygens (including phenoxy) is 2. The molecule has 1 atom stereocenters. The quantitative estimate of drug-likeness (QED) is 0.375. The van der Waals surface area contributed by atoms with Crippen molar-refractivity contribution in [3.63, 3.8) is 0 Å². The van der Waals surface area contributed by atoms with Gasteiger partial charge in [0.2, 0.25) is 0 Å². The molecular weight excluding hydrogens is 492 g/mol. The van der Waals surface area contributed by atoms with Crippen LogP contribution >= 0.6 is 34.8 Å². The van der Waals surface area contributed by atoms with Crippen LogP contribution in [0.3, 0.4) is 0 Å². The Morgan fingerprint density at radius 2 is 1.82 bits per heavy atom. The summed E-state index contributed by atoms with van der Waals surface area (Å²) in [4.78, 5) is 11.9. The Morgan fingerprint density at radius 3 is 2.42 bits per heavy atom. The summed E-state index contributed by atoms with van der Waals surface area (Å²) in [5, 5.41) is 4.73. The van der Waals surface area contributed by atoms with E-state index < -0.39 is 0 Å². The van der Waals surface area contributed by atoms with E-state index in [0.717, 1.165) is 52.3 Å². The van der Waals surface area contributed by atoms with Gasteiger partial charge >= 0.3 is 157 Å². The second kappa shape index (κ2) is 12.3. The SMILES string of the molecule is CCNC(=O)c1ccc(Oc2cc3c(cc2Cl)[CH]([Na])CCO3)c(C)c1.Clc1cccc(Cl)c1. The molecule has 0 saturated carbocycles. The molecule has 168 valence electrons. The van der Waals surface area contributed by atoms with Gasteiger partial charge in [-0.3, -0.25) is 0 Å². The van der Waals surface area contributed by atoms with Crippen LogP contribution in [0.2, 0.25) is 15.1 Å². The molecule has 3 aromatic carbocycles. The van der Waals surface area contributed by atoms with Crippen LogP contribution in [-0.2, 0) is 0 Å². The predicted octanol–water partition coefficient (Wildman–Crippen LogP) is 7.18. The van der Waals surface area contributed by atoms with Gasteiger partial charge in [0.15, 0.2) is 0 Å². The molecule has 1 unspecified atom stereocenters. The monoisotopic (exact) mass is 513 g/mol. The van der Waals surface area contributed by atoms with E-state index >= 15 is 0 Å². The van der Waals surface area contributed by atoms with E-state index in [2.05, 4.69) is 5.32 Å². The van der Waals surface area contributed by atoms with Crippen LogP contribution in [0.15, 0.2) is 54.6 Å². The number of hydrogen-bond donors (Lipinski definition) is 1. The van der Waals surface area contributed by atoms with Crippen molar-refractivity contribution in [2.45, 2.75) is 23.4 Å². The average Bonchev–Trinajstić information content (AvgIpc) is 2.77. The van der Waals surface area contributed by atoms with E-state index in [1.807, 2.05) is 38.1 Å². The maximum absolute atomic E-state index is 11.9. The number of fused-ring (bicyclic) bond motifs is 1. The molecule has 1 N–H and O–H groups in total. The number of nitrogens with one attached hydrogen (secondary N) is 1. The average molecular weight is 515 g/mol. The zero-order chi connectivity index (χ0) is 24.0. The van der Waals surface area contributed by atoms with Crippen LogP contribution in [0, 0.1) is 6.92 Å². The summed E-state index contributed by atoms with van der Waals surface area (Å²) >= 11 is 18.6. The Balaban J connectivity index is 0.000000323. The number of aryl methyl sites for hydroxylation is 1. The number of amides is 1. The molecule has 1 aliphatic rings. The summed E-state index contributed by atoms with van der Waals surface area (Å²) in [7, 11) is 0. The van der Waals surface area contributed by atoms with Gasteiger partial charge in [0, 0.05) is 16.6 Å². The van der Waals surface area contributed by atoms with Crippen molar-refractivity contribution in [2.75, 3.05) is 13.2 Å². The number of hydrogen-bond acceptors (Lipinski definition) is 3. The molecule has 1 heterocycles. The van der Waals surface area contributed by atoms with Crippen molar-refractivity contribution in [2.24, 2.45) is 0 Å². The summed E-state index contributed by atoms with van der Waals surface area (Å²) in [6.45, 7) is 5.14. The summed E-state index contributed by atoms with van der Waals surface area (Å²) in [6, 6.07) is 16.3. The van der Waals surface area contributed by atoms with Crippen LogP contribution in [0.5, 0.6) is 17.2 Å². The van der Waals surface area contributed by atoms with Crippen LogP contribution in [0.4, 0.5) is 0 Å². The molecule has 0 saturated heterocycles. The van der Waals surface area contributed by atoms with Gasteiger partial charge in [-0.05, 0) is 25.1 Å². The zero-order valence-corrected chi connectivity index (χ0v) is 23.0. The maximum atomic E-state index is 11.9. The fourth-order valence-corrected chi connectivity index (χ4v) is 4.72. The number of halogens is 3. The standard InChI is InChI=1S/C19H19ClNO3.C6H4Cl2.Na/c1-3-21-19(22)14-6-7-16(12(2)9-14)24-18-11-17-13(10-15(18)20)5-4-8-23-17;7-5-2-1-3-6(8)4-5;/h5-7,9-11H,3-4,8H2,1-2H3,(H,21,22);1-4H;. The van der Waals surface area contributed by atoms with E-state index in [1.165, 1.54) is 5.56 Å². The Kier molecular flexibility index (Phi) is 9.81. The molecule has 1 amide bonds. The fourth-order valence-electron chi connectivity index (χ4n) is 3.39. The molecule has 4 nitrogen and oxygen atoms in total. The fraction of sp³-hybridized carbons (Fsp3) is 0.240. The number of carbonyl (C=O) groups is 1. The molecule has 0 aliphatic carbocycles. The van der Waals surface area contributed by atoms with Crippen LogP contribution < -0.4 is 14.8 Å². The summed E-state index contributed by atoms with van der Waals surface area (Å²) in [5.41, 5.74) is 2.67. The molecular formula is C25H23Cl3NNaO3. The van der Waals surface area contributed by atoms with E-state index in [1.54, 1.807) is 30.3 Å². The molecule has 0 spiro atoms. The third kappa shape index (κ3) is 7.29. The van der Waals surface area contributed by atoms with E-state index in [-0.39, 0.29) is 5.91 Å². The van der Waals surface area contributed by atoms with Crippen molar-refractivity contribution >= 4 is 68.6 Å². The normalized spacial score (nSPS) is 14.3. The van der Waals surface area contributed by atoms with Crippen molar-refractivity contribution in [3.05, 3.63) is 86.4 Å². The van der Waals surface area contributed by atoms with Gasteiger partial charge < -0.3 is 0 Å². The molecule has 8 heteroatoms. The third-order valence-corrected chi connectivity index (χ3v) is 7.15. The summed E-state index contributed by atoms with van der Waals surface area (Å²) < 4.78 is 12.3. The zero-order valence-electron chi connectivity index (χ0n) is 18.8. The van der Waals surface area contributed by atoms with Gasteiger partial charge in [0.25, 0.3) is 0 Å². The van der Waals surface area contributed by atoms with Gasteiger partial charge in [0.1, 0.15) is 0 Å². The van der Waals surface area contributed by atoms with E-state index in [9.17, 15) is 4.79 Å². The van der Waals surface area contributed by atoms with Crippen LogP contribution in [0.25, 0.3) is 0 Å². The molecule has 0 radical (unpaired) electrons. The molecule has 3 aromatic rings. The van der Waals surface area contributed by atoms with Crippen molar-refractivity contribution in [3.8, 4) is 17.2 Å². The number of rotatable bonds is 4. The van der Waals surface area contributed by atoms with Crippen molar-refractivity contribution in [1.82, 2.24) is 5.32 Å². The van der Waals surface area contributed by atoms with Crippen molar-refractivity contribution < 1.29 is 14.3 Å². The summed E-state index contributed by atoms with van der Waals surface area (Å²) in [6.07, 6.45) is 1.05. The van der Waals surface area contributed by atoms with Gasteiger partial charge in [-0.2, -0.15) is 0 Å². The Morgan fingerprint density at radius 1 is 1.09 bits per heavy atom. The van der Waals surface area contributed by atoms with Crippen molar-refractivity contribution in [1.29, 1.82) is 0 Å². The minimum atomic E-state index is -0.0875. The van der Waals surface area contributed by atoms with E-state index in [0.29, 0.717) is 41.8 Å². The molecule has 1 aliphatic heterocycles. The molecule has 33 heavy (non-hydrogen) atoms. The Bertz CT molecular complexity index is 1120. The smallest absolute Gasteiger partial charge is 0.0420 e. The number of benzene rings is 3. The Labute approximate surface area is 226 Å². The Hall–Kier alpha value is -1.40. The summed E-state index contributed by atoms with van der Waals surface area (Å²) in [5.74, 6) is 2.02. The van der Waals surface area contributed by atoms with Gasteiger partial charge in [0.05, 0.1) is 0 Å². The van der Waals surface area contributed by atoms with Crippen LogP contribution in [0.1, 0.15) is 38.0 Å². The topological polar surface area (TPSA) is 47.6 Å². The molecule has 0 bridgehead atoms. The van der Waals surface area contributed by atoms with Gasteiger partial charge in [-0.25, -0.2) is 0 Å². The molecule has 0 fully saturated rings. The molecule has 0 aromatic heterocycles. The predicted molar refractivity (Wildman–Crippen MR) is 136 cm³/mol. The van der Waals surface area contributed by atoms with E-state index in [4.69, 9.17) is 44.3 Å². The number of carbonyl (C=O) groups excluding carboxylic acids is 1. The first kappa shape index (κ1) is 26.2. The van der Waals surface area contributed by atoms with Gasteiger partial charge in [-0.1, -0.05) is 29.3 Å². The van der Waals surface area contributed by atoms with Gasteiger partial charge in [-0.15, -0.1) is 0 Å². The van der Waals surface area contributed by atoms with Crippen LogP contribution in [-0.4, -0.2) is 47.0 Å². The minimum absolute atomic E-state index is 0.0875. The second-order valence-electron chi connectivity index (χ2n) is 7.74. The first-order valence-electron chi connectivity index (χ1n) is 10.7. The maximum Gasteiger partial charge on any atom is 0.0420 e. The minimum Gasteiger partial charge on any atom is -0.0843 e. The second-order valence-corrected chi connectivity index (χ2v) is 10.4. The first-order valence-corrected chi connectivity index (χ1v) is 13.0. The molecule has 4 rings (SSSR count). The first-order chi connectivity index (χ1) is 15.8. The largest absolute Gasteiger partial charge is 0.0843 e. The third-order valence-electron chi connectivity index (χ3n) is 5.18.